The highest BCUT2D eigenvalue weighted by Gasteiger charge is 2.29. The number of anilines is 2. The minimum absolute atomic E-state index is 0.0434. The maximum Gasteiger partial charge on any atom is 0.278 e. The Kier molecular flexibility index (Phi) is 5.13. The first-order chi connectivity index (χ1) is 13.5. The smallest absolute Gasteiger partial charge is 0.278 e. The van der Waals surface area contributed by atoms with Crippen LogP contribution >= 0.6 is 0 Å². The highest BCUT2D eigenvalue weighted by atomic mass is 16.2. The molecule has 1 saturated carbocycles. The molecule has 4 rings (SSSR count). The predicted octanol–water partition coefficient (Wildman–Crippen LogP) is 2.42. The van der Waals surface area contributed by atoms with Gasteiger partial charge in [-0.2, -0.15) is 0 Å². The number of nitrogens with one attached hydrogen (secondary N) is 3. The van der Waals surface area contributed by atoms with E-state index >= 15 is 0 Å². The Morgan fingerprint density at radius 2 is 1.86 bits per heavy atom. The van der Waals surface area contributed by atoms with Gasteiger partial charge in [-0.25, -0.2) is 4.68 Å². The Balaban J connectivity index is 1.48. The van der Waals surface area contributed by atoms with Crippen LogP contribution in [-0.2, 0) is 4.79 Å². The average Bonchev–Trinajstić information content (AvgIpc) is 3.47. The van der Waals surface area contributed by atoms with Crippen LogP contribution in [0.2, 0.25) is 0 Å². The van der Waals surface area contributed by atoms with E-state index in [1.807, 2.05) is 30.7 Å². The van der Waals surface area contributed by atoms with E-state index in [1.54, 1.807) is 6.07 Å². The monoisotopic (exact) mass is 382 g/mol. The molecule has 1 aliphatic carbocycles. The fourth-order valence-corrected chi connectivity index (χ4v) is 3.55. The van der Waals surface area contributed by atoms with Crippen molar-refractivity contribution in [1.82, 2.24) is 20.3 Å². The zero-order chi connectivity index (χ0) is 19.7. The number of amides is 2. The van der Waals surface area contributed by atoms with Gasteiger partial charge in [0.15, 0.2) is 5.69 Å². The maximum absolute atomic E-state index is 12.8. The van der Waals surface area contributed by atoms with Crippen molar-refractivity contribution in [2.75, 3.05) is 23.7 Å². The van der Waals surface area contributed by atoms with Crippen molar-refractivity contribution in [2.45, 2.75) is 45.6 Å². The van der Waals surface area contributed by atoms with Crippen LogP contribution in [0.5, 0.6) is 0 Å². The fraction of sp³-hybridized carbons (Fsp3) is 0.500. The van der Waals surface area contributed by atoms with Crippen LogP contribution in [-0.4, -0.2) is 39.9 Å². The highest BCUT2D eigenvalue weighted by molar-refractivity contribution is 6.04. The van der Waals surface area contributed by atoms with E-state index in [0.29, 0.717) is 17.1 Å². The Hall–Kier alpha value is -2.74. The van der Waals surface area contributed by atoms with Gasteiger partial charge < -0.3 is 16.0 Å². The lowest BCUT2D eigenvalue weighted by molar-refractivity contribution is -0.117. The molecule has 0 atom stereocenters. The third kappa shape index (κ3) is 3.91. The predicted molar refractivity (Wildman–Crippen MR) is 106 cm³/mol. The number of aromatic nitrogens is 3. The van der Waals surface area contributed by atoms with Crippen molar-refractivity contribution in [3.05, 3.63) is 35.2 Å². The van der Waals surface area contributed by atoms with Gasteiger partial charge in [0.2, 0.25) is 5.91 Å². The lowest BCUT2D eigenvalue weighted by atomic mass is 10.1. The quantitative estimate of drug-likeness (QED) is 0.737. The summed E-state index contributed by atoms with van der Waals surface area (Å²) in [4.78, 5) is 24.8. The summed E-state index contributed by atoms with van der Waals surface area (Å²) < 4.78 is 1.87. The molecule has 2 amide bonds. The van der Waals surface area contributed by atoms with Crippen molar-refractivity contribution < 1.29 is 9.59 Å². The number of hydrogen-bond acceptors (Lipinski definition) is 5. The minimum Gasteiger partial charge on any atom is -0.326 e. The normalized spacial score (nSPS) is 17.4. The fourth-order valence-electron chi connectivity index (χ4n) is 3.55. The number of benzene rings is 1. The summed E-state index contributed by atoms with van der Waals surface area (Å²) in [5, 5.41) is 17.5. The Bertz CT molecular complexity index is 896. The zero-order valence-electron chi connectivity index (χ0n) is 16.3. The molecule has 1 aromatic heterocycles. The molecular formula is C20H26N6O2. The molecule has 2 aliphatic rings. The van der Waals surface area contributed by atoms with Gasteiger partial charge in [-0.05, 0) is 70.3 Å². The average molecular weight is 382 g/mol. The van der Waals surface area contributed by atoms with Crippen molar-refractivity contribution in [3.63, 3.8) is 0 Å². The Morgan fingerprint density at radius 3 is 2.57 bits per heavy atom. The molecule has 2 heterocycles. The molecule has 3 N–H and O–H groups in total. The van der Waals surface area contributed by atoms with Crippen molar-refractivity contribution in [2.24, 2.45) is 5.92 Å². The molecule has 28 heavy (non-hydrogen) atoms. The van der Waals surface area contributed by atoms with Gasteiger partial charge >= 0.3 is 0 Å². The number of nitrogens with zero attached hydrogens (tertiary/aromatic N) is 3. The molecule has 0 unspecified atom stereocenters. The van der Waals surface area contributed by atoms with E-state index in [9.17, 15) is 9.59 Å². The van der Waals surface area contributed by atoms with E-state index in [4.69, 9.17) is 0 Å². The van der Waals surface area contributed by atoms with Crippen LogP contribution in [0.1, 0.15) is 53.5 Å². The summed E-state index contributed by atoms with van der Waals surface area (Å²) in [6.45, 7) is 5.70. The second kappa shape index (κ2) is 7.71. The lowest BCUT2D eigenvalue weighted by Crippen LogP contribution is -2.30. The van der Waals surface area contributed by atoms with E-state index in [1.165, 1.54) is 0 Å². The van der Waals surface area contributed by atoms with Crippen LogP contribution in [0.3, 0.4) is 0 Å². The van der Waals surface area contributed by atoms with Crippen molar-refractivity contribution in [3.8, 4) is 0 Å². The number of piperidine rings is 1. The third-order valence-corrected chi connectivity index (χ3v) is 5.50. The molecule has 1 aromatic carbocycles. The second-order valence-electron chi connectivity index (χ2n) is 7.70. The van der Waals surface area contributed by atoms with Crippen LogP contribution in [0.15, 0.2) is 18.2 Å². The number of rotatable bonds is 5. The van der Waals surface area contributed by atoms with Gasteiger partial charge in [-0.3, -0.25) is 9.59 Å². The number of carbonyl (C=O) groups excluding carboxylic acids is 2. The summed E-state index contributed by atoms with van der Waals surface area (Å²) in [5.41, 5.74) is 3.38. The summed E-state index contributed by atoms with van der Waals surface area (Å²) in [6, 6.07) is 5.80. The zero-order valence-corrected chi connectivity index (χ0v) is 16.3. The standard InChI is InChI=1S/C20H26N6O2/c1-12-3-6-15(22-19(27)14-4-5-14)11-17(12)23-20(28)18-13(2)26(25-24-18)16-7-9-21-10-8-16/h3,6,11,14,16,21H,4-5,7-10H2,1-2H3,(H,22,27)(H,23,28). The number of aryl methyl sites for hydroxylation is 1. The first kappa shape index (κ1) is 18.6. The molecule has 148 valence electrons. The van der Waals surface area contributed by atoms with Crippen LogP contribution < -0.4 is 16.0 Å². The Morgan fingerprint density at radius 1 is 1.11 bits per heavy atom. The molecule has 2 fully saturated rings. The Labute approximate surface area is 164 Å². The third-order valence-electron chi connectivity index (χ3n) is 5.50. The largest absolute Gasteiger partial charge is 0.326 e. The van der Waals surface area contributed by atoms with Gasteiger partial charge in [0.1, 0.15) is 0 Å². The summed E-state index contributed by atoms with van der Waals surface area (Å²) in [5.74, 6) is -0.111. The van der Waals surface area contributed by atoms with Crippen molar-refractivity contribution in [1.29, 1.82) is 0 Å². The maximum atomic E-state index is 12.8. The molecule has 1 aliphatic heterocycles. The summed E-state index contributed by atoms with van der Waals surface area (Å²) in [7, 11) is 0. The SMILES string of the molecule is Cc1ccc(NC(=O)C2CC2)cc1NC(=O)c1nnn(C2CCNCC2)c1C. The molecule has 8 heteroatoms. The van der Waals surface area contributed by atoms with E-state index in [0.717, 1.165) is 50.0 Å². The lowest BCUT2D eigenvalue weighted by Gasteiger charge is -2.23. The first-order valence-corrected chi connectivity index (χ1v) is 9.88. The van der Waals surface area contributed by atoms with E-state index in [2.05, 4.69) is 26.3 Å². The molecular weight excluding hydrogens is 356 g/mol. The van der Waals surface area contributed by atoms with Crippen LogP contribution in [0, 0.1) is 19.8 Å². The second-order valence-corrected chi connectivity index (χ2v) is 7.70. The van der Waals surface area contributed by atoms with Gasteiger partial charge in [0, 0.05) is 17.3 Å². The topological polar surface area (TPSA) is 101 Å². The molecule has 0 bridgehead atoms. The molecule has 1 saturated heterocycles. The number of hydrogen-bond donors (Lipinski definition) is 3. The minimum atomic E-state index is -0.286. The first-order valence-electron chi connectivity index (χ1n) is 9.88. The van der Waals surface area contributed by atoms with Gasteiger partial charge in [-0.1, -0.05) is 11.3 Å². The van der Waals surface area contributed by atoms with Crippen LogP contribution in [0.25, 0.3) is 0 Å². The van der Waals surface area contributed by atoms with E-state index < -0.39 is 0 Å². The van der Waals surface area contributed by atoms with Crippen molar-refractivity contribution >= 4 is 23.2 Å². The van der Waals surface area contributed by atoms with Gasteiger partial charge in [0.05, 0.1) is 11.7 Å². The molecule has 8 nitrogen and oxygen atoms in total. The highest BCUT2D eigenvalue weighted by Crippen LogP contribution is 2.31. The van der Waals surface area contributed by atoms with Gasteiger partial charge in [0.25, 0.3) is 5.91 Å². The molecule has 2 aromatic rings. The van der Waals surface area contributed by atoms with Gasteiger partial charge in [-0.15, -0.1) is 5.10 Å². The summed E-state index contributed by atoms with van der Waals surface area (Å²) >= 11 is 0. The molecule has 0 spiro atoms. The van der Waals surface area contributed by atoms with Crippen LogP contribution in [0.4, 0.5) is 11.4 Å². The number of carbonyl (C=O) groups is 2. The molecule has 0 radical (unpaired) electrons. The van der Waals surface area contributed by atoms with E-state index in [-0.39, 0.29) is 23.8 Å². The summed E-state index contributed by atoms with van der Waals surface area (Å²) in [6.07, 6.45) is 3.86.